The first-order valence-electron chi connectivity index (χ1n) is 9.66. The summed E-state index contributed by atoms with van der Waals surface area (Å²) >= 11 is 0. The van der Waals surface area contributed by atoms with Gasteiger partial charge in [-0.05, 0) is 50.3 Å². The maximum Gasteiger partial charge on any atom is 0.233 e. The summed E-state index contributed by atoms with van der Waals surface area (Å²) in [4.78, 5) is 19.8. The minimum absolute atomic E-state index is 0.313. The van der Waals surface area contributed by atoms with Crippen LogP contribution in [0.4, 0.5) is 0 Å². The number of aromatic nitrogens is 3. The van der Waals surface area contributed by atoms with Crippen LogP contribution in [0.25, 0.3) is 0 Å². The first-order chi connectivity index (χ1) is 12.8. The average Bonchev–Trinajstić information content (AvgIpc) is 3.22. The molecule has 26 heavy (non-hydrogen) atoms. The van der Waals surface area contributed by atoms with Gasteiger partial charge in [-0.1, -0.05) is 30.3 Å². The van der Waals surface area contributed by atoms with E-state index in [4.69, 9.17) is 0 Å². The molecule has 2 fully saturated rings. The van der Waals surface area contributed by atoms with Crippen LogP contribution in [0.2, 0.25) is 0 Å². The maximum atomic E-state index is 13.7. The van der Waals surface area contributed by atoms with Crippen LogP contribution >= 0.6 is 0 Å². The van der Waals surface area contributed by atoms with Gasteiger partial charge in [0.25, 0.3) is 0 Å². The molecule has 3 heterocycles. The van der Waals surface area contributed by atoms with Gasteiger partial charge in [-0.3, -0.25) is 9.48 Å². The Hall–Kier alpha value is -2.21. The van der Waals surface area contributed by atoms with E-state index >= 15 is 0 Å². The Morgan fingerprint density at radius 2 is 2.04 bits per heavy atom. The number of hydrogen-bond donors (Lipinski definition) is 1. The molecule has 1 aromatic heterocycles. The molecule has 0 radical (unpaired) electrons. The minimum Gasteiger partial charge on any atom is -0.342 e. The molecular weight excluding hydrogens is 326 g/mol. The third-order valence-electron chi connectivity index (χ3n) is 5.91. The fourth-order valence-electron chi connectivity index (χ4n) is 4.53. The molecule has 2 aromatic rings. The zero-order valence-corrected chi connectivity index (χ0v) is 15.2. The van der Waals surface area contributed by atoms with Crippen molar-refractivity contribution in [3.63, 3.8) is 0 Å². The SMILES string of the molecule is O=C(N1CCC[C@@H](Cn2cncn2)C1)C1(c2ccccc2)CCNCC1. The number of nitrogens with zero attached hydrogens (tertiary/aromatic N) is 4. The highest BCUT2D eigenvalue weighted by molar-refractivity contribution is 5.88. The Kier molecular flexibility index (Phi) is 5.02. The molecule has 1 atom stereocenters. The van der Waals surface area contributed by atoms with Crippen molar-refractivity contribution in [3.05, 3.63) is 48.5 Å². The number of benzene rings is 1. The summed E-state index contributed by atoms with van der Waals surface area (Å²) in [6, 6.07) is 10.4. The molecule has 138 valence electrons. The second kappa shape index (κ2) is 7.58. The molecule has 1 aromatic carbocycles. The molecule has 4 rings (SSSR count). The first kappa shape index (κ1) is 17.2. The predicted octanol–water partition coefficient (Wildman–Crippen LogP) is 1.84. The van der Waals surface area contributed by atoms with E-state index < -0.39 is 0 Å². The van der Waals surface area contributed by atoms with Gasteiger partial charge in [0.15, 0.2) is 0 Å². The smallest absolute Gasteiger partial charge is 0.233 e. The monoisotopic (exact) mass is 353 g/mol. The third-order valence-corrected chi connectivity index (χ3v) is 5.91. The Morgan fingerprint density at radius 1 is 1.23 bits per heavy atom. The van der Waals surface area contributed by atoms with Gasteiger partial charge < -0.3 is 10.2 Å². The van der Waals surface area contributed by atoms with Crippen molar-refractivity contribution in [2.24, 2.45) is 5.92 Å². The molecule has 0 bridgehead atoms. The maximum absolute atomic E-state index is 13.7. The summed E-state index contributed by atoms with van der Waals surface area (Å²) in [7, 11) is 0. The fraction of sp³-hybridized carbons (Fsp3) is 0.550. The highest BCUT2D eigenvalue weighted by atomic mass is 16.2. The summed E-state index contributed by atoms with van der Waals surface area (Å²) in [5.41, 5.74) is 0.798. The number of piperidine rings is 2. The van der Waals surface area contributed by atoms with E-state index in [0.717, 1.165) is 58.4 Å². The average molecular weight is 353 g/mol. The van der Waals surface area contributed by atoms with Gasteiger partial charge in [-0.2, -0.15) is 5.10 Å². The molecule has 1 amide bonds. The summed E-state index contributed by atoms with van der Waals surface area (Å²) in [5.74, 6) is 0.762. The second-order valence-corrected chi connectivity index (χ2v) is 7.58. The van der Waals surface area contributed by atoms with E-state index in [0.29, 0.717) is 11.8 Å². The van der Waals surface area contributed by atoms with Crippen LogP contribution in [-0.2, 0) is 16.8 Å². The molecule has 0 aliphatic carbocycles. The molecule has 2 aliphatic rings. The molecule has 6 nitrogen and oxygen atoms in total. The summed E-state index contributed by atoms with van der Waals surface area (Å²) < 4.78 is 1.89. The minimum atomic E-state index is -0.373. The molecular formula is C20H27N5O. The zero-order valence-electron chi connectivity index (χ0n) is 15.2. The number of nitrogens with one attached hydrogen (secondary N) is 1. The summed E-state index contributed by atoms with van der Waals surface area (Å²) in [5, 5.41) is 7.64. The van der Waals surface area contributed by atoms with Crippen molar-refractivity contribution in [2.45, 2.75) is 37.6 Å². The van der Waals surface area contributed by atoms with Crippen LogP contribution in [0.15, 0.2) is 43.0 Å². The van der Waals surface area contributed by atoms with Crippen LogP contribution in [0, 0.1) is 5.92 Å². The van der Waals surface area contributed by atoms with Crippen molar-refractivity contribution in [1.82, 2.24) is 25.0 Å². The van der Waals surface area contributed by atoms with E-state index in [9.17, 15) is 4.79 Å². The lowest BCUT2D eigenvalue weighted by atomic mass is 9.71. The number of carbonyl (C=O) groups is 1. The van der Waals surface area contributed by atoms with Crippen LogP contribution < -0.4 is 5.32 Å². The highest BCUT2D eigenvalue weighted by Gasteiger charge is 2.44. The molecule has 0 spiro atoms. The molecule has 6 heteroatoms. The van der Waals surface area contributed by atoms with Crippen molar-refractivity contribution in [2.75, 3.05) is 26.2 Å². The quantitative estimate of drug-likeness (QED) is 0.911. The van der Waals surface area contributed by atoms with Gasteiger partial charge >= 0.3 is 0 Å². The Morgan fingerprint density at radius 3 is 2.77 bits per heavy atom. The highest BCUT2D eigenvalue weighted by Crippen LogP contribution is 2.36. The normalized spacial score (nSPS) is 22.9. The van der Waals surface area contributed by atoms with Gasteiger partial charge in [0.05, 0.1) is 5.41 Å². The van der Waals surface area contributed by atoms with Crippen molar-refractivity contribution in [3.8, 4) is 0 Å². The van der Waals surface area contributed by atoms with Crippen LogP contribution in [0.1, 0.15) is 31.2 Å². The van der Waals surface area contributed by atoms with Crippen molar-refractivity contribution >= 4 is 5.91 Å². The van der Waals surface area contributed by atoms with E-state index in [2.05, 4.69) is 44.6 Å². The third kappa shape index (κ3) is 3.38. The van der Waals surface area contributed by atoms with Crippen LogP contribution in [-0.4, -0.2) is 51.8 Å². The van der Waals surface area contributed by atoms with E-state index in [1.54, 1.807) is 12.7 Å². The van der Waals surface area contributed by atoms with Crippen molar-refractivity contribution < 1.29 is 4.79 Å². The van der Waals surface area contributed by atoms with Gasteiger partial charge in [0, 0.05) is 19.6 Å². The lowest BCUT2D eigenvalue weighted by Crippen LogP contribution is -2.54. The van der Waals surface area contributed by atoms with E-state index in [1.165, 1.54) is 5.56 Å². The predicted molar refractivity (Wildman–Crippen MR) is 99.5 cm³/mol. The fourth-order valence-corrected chi connectivity index (χ4v) is 4.53. The number of rotatable bonds is 4. The molecule has 0 unspecified atom stereocenters. The standard InChI is InChI=1S/C20H27N5O/c26-19(20(8-10-21-11-9-20)18-6-2-1-3-7-18)24-12-4-5-17(13-24)14-25-16-22-15-23-25/h1-3,6-7,15-17,21H,4-5,8-14H2/t17-/m1/s1. The second-order valence-electron chi connectivity index (χ2n) is 7.58. The number of likely N-dealkylation sites (tertiary alicyclic amines) is 1. The van der Waals surface area contributed by atoms with Crippen LogP contribution in [0.5, 0.6) is 0 Å². The topological polar surface area (TPSA) is 63.1 Å². The number of carbonyl (C=O) groups excluding carboxylic acids is 1. The van der Waals surface area contributed by atoms with Crippen molar-refractivity contribution in [1.29, 1.82) is 0 Å². The van der Waals surface area contributed by atoms with Gasteiger partial charge in [0.1, 0.15) is 12.7 Å². The van der Waals surface area contributed by atoms with E-state index in [1.807, 2.05) is 10.7 Å². The Labute approximate surface area is 154 Å². The lowest BCUT2D eigenvalue weighted by molar-refractivity contribution is -0.140. The van der Waals surface area contributed by atoms with Gasteiger partial charge in [-0.25, -0.2) is 4.98 Å². The summed E-state index contributed by atoms with van der Waals surface area (Å²) in [6.07, 6.45) is 7.29. The summed E-state index contributed by atoms with van der Waals surface area (Å²) in [6.45, 7) is 4.33. The molecule has 0 saturated carbocycles. The van der Waals surface area contributed by atoms with Crippen LogP contribution in [0.3, 0.4) is 0 Å². The Balaban J connectivity index is 1.53. The first-order valence-corrected chi connectivity index (χ1v) is 9.66. The Bertz CT molecular complexity index is 709. The zero-order chi connectivity index (χ0) is 17.8. The van der Waals surface area contributed by atoms with Gasteiger partial charge in [-0.15, -0.1) is 0 Å². The lowest BCUT2D eigenvalue weighted by Gasteiger charge is -2.43. The molecule has 1 N–H and O–H groups in total. The molecule has 2 saturated heterocycles. The number of hydrogen-bond acceptors (Lipinski definition) is 4. The molecule has 2 aliphatic heterocycles. The van der Waals surface area contributed by atoms with Gasteiger partial charge in [0.2, 0.25) is 5.91 Å². The number of amides is 1. The largest absolute Gasteiger partial charge is 0.342 e. The van der Waals surface area contributed by atoms with E-state index in [-0.39, 0.29) is 5.41 Å².